The Morgan fingerprint density at radius 2 is 2.00 bits per heavy atom. The van der Waals surface area contributed by atoms with Crippen LogP contribution in [0.25, 0.3) is 0 Å². The maximum absolute atomic E-state index is 10.9. The third kappa shape index (κ3) is 7.54. The van der Waals surface area contributed by atoms with Gasteiger partial charge < -0.3 is 14.6 Å². The van der Waals surface area contributed by atoms with Gasteiger partial charge in [0.05, 0.1) is 25.6 Å². The van der Waals surface area contributed by atoms with E-state index in [0.717, 1.165) is 0 Å². The van der Waals surface area contributed by atoms with Crippen molar-refractivity contribution in [3.8, 4) is 0 Å². The lowest BCUT2D eigenvalue weighted by Crippen LogP contribution is -2.13. The maximum Gasteiger partial charge on any atom is 0.306 e. The predicted molar refractivity (Wildman–Crippen MR) is 48.9 cm³/mol. The summed E-state index contributed by atoms with van der Waals surface area (Å²) in [5, 5.41) is 8.29. The lowest BCUT2D eigenvalue weighted by molar-refractivity contribution is -0.148. The highest BCUT2D eigenvalue weighted by molar-refractivity contribution is 5.76. The molecule has 0 aromatic heterocycles. The molecule has 14 heavy (non-hydrogen) atoms. The number of ether oxygens (including phenoxy) is 2. The first-order chi connectivity index (χ1) is 6.56. The highest BCUT2D eigenvalue weighted by Gasteiger charge is 2.07. The second kappa shape index (κ2) is 7.32. The van der Waals surface area contributed by atoms with Gasteiger partial charge in [0, 0.05) is 13.5 Å². The van der Waals surface area contributed by atoms with Crippen LogP contribution in [-0.4, -0.2) is 36.9 Å². The van der Waals surface area contributed by atoms with Gasteiger partial charge in [0.1, 0.15) is 0 Å². The quantitative estimate of drug-likeness (QED) is 0.621. The molecule has 0 aliphatic rings. The maximum atomic E-state index is 10.9. The first-order valence-corrected chi connectivity index (χ1v) is 4.46. The van der Waals surface area contributed by atoms with Crippen molar-refractivity contribution in [3.05, 3.63) is 0 Å². The van der Waals surface area contributed by atoms with E-state index >= 15 is 0 Å². The molecule has 0 rings (SSSR count). The molecule has 0 saturated carbocycles. The fourth-order valence-corrected chi connectivity index (χ4v) is 0.738. The zero-order chi connectivity index (χ0) is 11.0. The zero-order valence-electron chi connectivity index (χ0n) is 8.49. The molecule has 0 radical (unpaired) electrons. The summed E-state index contributed by atoms with van der Waals surface area (Å²) in [6.45, 7) is 2.14. The summed E-state index contributed by atoms with van der Waals surface area (Å²) in [5.74, 6) is -1.47. The summed E-state index contributed by atoms with van der Waals surface area (Å²) in [7, 11) is 1.58. The number of carbonyl (C=O) groups is 2. The Labute approximate surface area is 83.0 Å². The van der Waals surface area contributed by atoms with Gasteiger partial charge in [0.2, 0.25) is 0 Å². The number of rotatable bonds is 7. The predicted octanol–water partition coefficient (Wildman–Crippen LogP) is 0.819. The number of aliphatic carboxylic acids is 1. The fraction of sp³-hybridized carbons (Fsp3) is 0.778. The molecule has 5 heteroatoms. The molecular weight excluding hydrogens is 188 g/mol. The average Bonchev–Trinajstić information content (AvgIpc) is 2.14. The van der Waals surface area contributed by atoms with Crippen molar-refractivity contribution in [2.75, 3.05) is 13.7 Å². The van der Waals surface area contributed by atoms with Crippen LogP contribution in [0.15, 0.2) is 0 Å². The topological polar surface area (TPSA) is 72.8 Å². The summed E-state index contributed by atoms with van der Waals surface area (Å²) in [5.41, 5.74) is 0. The van der Waals surface area contributed by atoms with Gasteiger partial charge in [-0.25, -0.2) is 0 Å². The molecule has 0 aromatic carbocycles. The van der Waals surface area contributed by atoms with E-state index in [9.17, 15) is 9.59 Å². The molecule has 0 saturated heterocycles. The minimum Gasteiger partial charge on any atom is -0.481 e. The SMILES string of the molecule is COC(C)CCOC(=O)CCC(=O)O. The van der Waals surface area contributed by atoms with Crippen molar-refractivity contribution in [2.45, 2.75) is 32.3 Å². The summed E-state index contributed by atoms with van der Waals surface area (Å²) in [4.78, 5) is 21.0. The first kappa shape index (κ1) is 12.9. The normalized spacial score (nSPS) is 12.1. The van der Waals surface area contributed by atoms with Gasteiger partial charge in [0.15, 0.2) is 0 Å². The van der Waals surface area contributed by atoms with Crippen LogP contribution in [0.2, 0.25) is 0 Å². The summed E-state index contributed by atoms with van der Waals surface area (Å²) in [6.07, 6.45) is 0.410. The van der Waals surface area contributed by atoms with Crippen molar-refractivity contribution < 1.29 is 24.2 Å². The van der Waals surface area contributed by atoms with Crippen LogP contribution in [0.4, 0.5) is 0 Å². The Kier molecular flexibility index (Phi) is 6.74. The van der Waals surface area contributed by atoms with Crippen molar-refractivity contribution in [1.82, 2.24) is 0 Å². The molecule has 0 aliphatic carbocycles. The summed E-state index contributed by atoms with van der Waals surface area (Å²) < 4.78 is 9.73. The van der Waals surface area contributed by atoms with E-state index in [1.807, 2.05) is 6.92 Å². The monoisotopic (exact) mass is 204 g/mol. The van der Waals surface area contributed by atoms with Crippen LogP contribution in [-0.2, 0) is 19.1 Å². The molecule has 1 unspecified atom stereocenters. The lowest BCUT2D eigenvalue weighted by atomic mass is 10.3. The highest BCUT2D eigenvalue weighted by atomic mass is 16.5. The number of methoxy groups -OCH3 is 1. The Balaban J connectivity index is 3.40. The minimum atomic E-state index is -0.993. The van der Waals surface area contributed by atoms with E-state index in [1.54, 1.807) is 7.11 Å². The third-order valence-corrected chi connectivity index (χ3v) is 1.73. The van der Waals surface area contributed by atoms with E-state index in [0.29, 0.717) is 6.42 Å². The van der Waals surface area contributed by atoms with E-state index in [-0.39, 0.29) is 25.6 Å². The van der Waals surface area contributed by atoms with E-state index < -0.39 is 11.9 Å². The Hall–Kier alpha value is -1.10. The first-order valence-electron chi connectivity index (χ1n) is 4.46. The lowest BCUT2D eigenvalue weighted by Gasteiger charge is -2.09. The van der Waals surface area contributed by atoms with E-state index in [1.165, 1.54) is 0 Å². The minimum absolute atomic E-state index is 0.0438. The Bertz CT molecular complexity index is 190. The smallest absolute Gasteiger partial charge is 0.306 e. The molecule has 0 aromatic rings. The number of carboxylic acid groups (broad SMARTS) is 1. The van der Waals surface area contributed by atoms with Crippen molar-refractivity contribution in [2.24, 2.45) is 0 Å². The average molecular weight is 204 g/mol. The molecule has 0 aliphatic heterocycles. The number of hydrogen-bond acceptors (Lipinski definition) is 4. The van der Waals surface area contributed by atoms with Gasteiger partial charge >= 0.3 is 11.9 Å². The molecular formula is C9H16O5. The van der Waals surface area contributed by atoms with Crippen molar-refractivity contribution in [3.63, 3.8) is 0 Å². The van der Waals surface area contributed by atoms with Crippen LogP contribution < -0.4 is 0 Å². The van der Waals surface area contributed by atoms with Crippen molar-refractivity contribution in [1.29, 1.82) is 0 Å². The fourth-order valence-electron chi connectivity index (χ4n) is 0.738. The third-order valence-electron chi connectivity index (χ3n) is 1.73. The number of carbonyl (C=O) groups excluding carboxylic acids is 1. The summed E-state index contributed by atoms with van der Waals surface area (Å²) in [6, 6.07) is 0. The van der Waals surface area contributed by atoms with E-state index in [2.05, 4.69) is 0 Å². The van der Waals surface area contributed by atoms with E-state index in [4.69, 9.17) is 14.6 Å². The van der Waals surface area contributed by atoms with Gasteiger partial charge in [-0.2, -0.15) is 0 Å². The Morgan fingerprint density at radius 1 is 1.36 bits per heavy atom. The van der Waals surface area contributed by atoms with Gasteiger partial charge in [-0.1, -0.05) is 0 Å². The molecule has 1 atom stereocenters. The molecule has 0 bridgehead atoms. The van der Waals surface area contributed by atoms with Crippen LogP contribution in [0, 0.1) is 0 Å². The highest BCUT2D eigenvalue weighted by Crippen LogP contribution is 1.98. The zero-order valence-corrected chi connectivity index (χ0v) is 8.49. The number of hydrogen-bond donors (Lipinski definition) is 1. The van der Waals surface area contributed by atoms with Gasteiger partial charge in [-0.3, -0.25) is 9.59 Å². The van der Waals surface area contributed by atoms with Gasteiger partial charge in [-0.05, 0) is 6.92 Å². The molecule has 0 heterocycles. The largest absolute Gasteiger partial charge is 0.481 e. The number of carboxylic acids is 1. The molecule has 0 fully saturated rings. The second-order valence-electron chi connectivity index (χ2n) is 2.95. The van der Waals surface area contributed by atoms with Crippen LogP contribution in [0.3, 0.4) is 0 Å². The molecule has 0 spiro atoms. The van der Waals surface area contributed by atoms with Crippen LogP contribution in [0.1, 0.15) is 26.2 Å². The standard InChI is InChI=1S/C9H16O5/c1-7(13-2)5-6-14-9(12)4-3-8(10)11/h7H,3-6H2,1-2H3,(H,10,11). The molecule has 82 valence electrons. The van der Waals surface area contributed by atoms with Gasteiger partial charge in [-0.15, -0.1) is 0 Å². The van der Waals surface area contributed by atoms with Crippen LogP contribution in [0.5, 0.6) is 0 Å². The molecule has 5 nitrogen and oxygen atoms in total. The van der Waals surface area contributed by atoms with Crippen LogP contribution >= 0.6 is 0 Å². The van der Waals surface area contributed by atoms with Crippen molar-refractivity contribution >= 4 is 11.9 Å². The second-order valence-corrected chi connectivity index (χ2v) is 2.95. The van der Waals surface area contributed by atoms with Gasteiger partial charge in [0.25, 0.3) is 0 Å². The molecule has 1 N–H and O–H groups in total. The number of esters is 1. The Morgan fingerprint density at radius 3 is 2.50 bits per heavy atom. The molecule has 0 amide bonds. The summed E-state index contributed by atoms with van der Waals surface area (Å²) >= 11 is 0.